The van der Waals surface area contributed by atoms with Crippen LogP contribution in [0.3, 0.4) is 0 Å². The highest BCUT2D eigenvalue weighted by Crippen LogP contribution is 2.40. The number of halogens is 1. The zero-order valence-electron chi connectivity index (χ0n) is 19.7. The molecule has 1 N–H and O–H groups in total. The molecule has 11 nitrogen and oxygen atoms in total. The average molecular weight is 528 g/mol. The number of rotatable bonds is 9. The predicted molar refractivity (Wildman–Crippen MR) is 129 cm³/mol. The number of methoxy groups -OCH3 is 3. The number of nitrogens with one attached hydrogen (secondary N) is 1. The Kier molecular flexibility index (Phi) is 8.28. The van der Waals surface area contributed by atoms with Gasteiger partial charge in [-0.15, -0.1) is 0 Å². The summed E-state index contributed by atoms with van der Waals surface area (Å²) < 4.78 is 45.7. The van der Waals surface area contributed by atoms with E-state index in [1.54, 1.807) is 19.1 Å². The number of nitrogens with zero attached hydrogens (tertiary/aromatic N) is 2. The molecule has 2 aromatic rings. The lowest BCUT2D eigenvalue weighted by Gasteiger charge is -2.14. The standard InChI is InChI=1S/C22H26ClN3O8S/c1-13-16(22(23)26(25-13)15-7-8-35(29,30)12-15)5-6-20(28)34-11-19(27)24-14-9-17(31-2)21(33-4)18(10-14)32-3/h5-6,9-10,15H,7-8,11-12H2,1-4H3,(H,24,27)/b6-5+/t15-/m0/s1. The van der Waals surface area contributed by atoms with Crippen LogP contribution < -0.4 is 19.5 Å². The van der Waals surface area contributed by atoms with E-state index in [-0.39, 0.29) is 22.7 Å². The Morgan fingerprint density at radius 1 is 1.20 bits per heavy atom. The molecule has 0 unspecified atom stereocenters. The van der Waals surface area contributed by atoms with Crippen LogP contribution in [0.4, 0.5) is 5.69 Å². The van der Waals surface area contributed by atoms with E-state index in [1.807, 2.05) is 0 Å². The molecule has 1 aliphatic rings. The Labute approximate surface area is 207 Å². The number of aromatic nitrogens is 2. The quantitative estimate of drug-likeness (QED) is 0.385. The van der Waals surface area contributed by atoms with Crippen LogP contribution in [0, 0.1) is 6.92 Å². The van der Waals surface area contributed by atoms with Crippen LogP contribution in [-0.2, 0) is 24.2 Å². The zero-order chi connectivity index (χ0) is 25.8. The number of hydrogen-bond acceptors (Lipinski definition) is 9. The third-order valence-electron chi connectivity index (χ3n) is 5.31. The molecule has 1 aromatic heterocycles. The average Bonchev–Trinajstić information content (AvgIpc) is 3.32. The number of benzene rings is 1. The lowest BCUT2D eigenvalue weighted by atomic mass is 10.2. The molecule has 35 heavy (non-hydrogen) atoms. The lowest BCUT2D eigenvalue weighted by molar-refractivity contribution is -0.142. The first-order chi connectivity index (χ1) is 16.6. The fourth-order valence-corrected chi connectivity index (χ4v) is 5.69. The molecule has 0 radical (unpaired) electrons. The van der Waals surface area contributed by atoms with Crippen LogP contribution in [0.15, 0.2) is 18.2 Å². The first-order valence-electron chi connectivity index (χ1n) is 10.5. The summed E-state index contributed by atoms with van der Waals surface area (Å²) in [7, 11) is 1.25. The van der Waals surface area contributed by atoms with Crippen molar-refractivity contribution in [3.05, 3.63) is 34.6 Å². The second kappa shape index (κ2) is 11.0. The van der Waals surface area contributed by atoms with Crippen molar-refractivity contribution in [2.75, 3.05) is 44.8 Å². The van der Waals surface area contributed by atoms with Crippen LogP contribution >= 0.6 is 11.6 Å². The van der Waals surface area contributed by atoms with E-state index in [4.69, 9.17) is 30.5 Å². The van der Waals surface area contributed by atoms with Gasteiger partial charge in [0, 0.05) is 29.5 Å². The Morgan fingerprint density at radius 2 is 1.86 bits per heavy atom. The first kappa shape index (κ1) is 26.4. The van der Waals surface area contributed by atoms with Gasteiger partial charge in [-0.2, -0.15) is 5.10 Å². The largest absolute Gasteiger partial charge is 0.493 e. The molecule has 0 bridgehead atoms. The van der Waals surface area contributed by atoms with Crippen molar-refractivity contribution in [3.8, 4) is 17.2 Å². The van der Waals surface area contributed by atoms with Gasteiger partial charge in [-0.25, -0.2) is 17.9 Å². The fraction of sp³-hybridized carbons (Fsp3) is 0.409. The number of amides is 1. The maximum atomic E-state index is 12.2. The predicted octanol–water partition coefficient (Wildman–Crippen LogP) is 2.43. The molecule has 3 rings (SSSR count). The van der Waals surface area contributed by atoms with Crippen molar-refractivity contribution < 1.29 is 37.0 Å². The number of anilines is 1. The fourth-order valence-electron chi connectivity index (χ4n) is 3.62. The molecular formula is C22H26ClN3O8S. The highest BCUT2D eigenvalue weighted by Gasteiger charge is 2.31. The van der Waals surface area contributed by atoms with E-state index in [9.17, 15) is 18.0 Å². The van der Waals surface area contributed by atoms with E-state index >= 15 is 0 Å². The zero-order valence-corrected chi connectivity index (χ0v) is 21.2. The van der Waals surface area contributed by atoms with E-state index in [0.29, 0.717) is 40.6 Å². The van der Waals surface area contributed by atoms with Gasteiger partial charge < -0.3 is 24.3 Å². The van der Waals surface area contributed by atoms with Crippen molar-refractivity contribution >= 4 is 45.1 Å². The Balaban J connectivity index is 1.60. The Hall–Kier alpha value is -3.25. The molecule has 1 saturated heterocycles. The van der Waals surface area contributed by atoms with Gasteiger partial charge in [-0.3, -0.25) is 4.79 Å². The minimum atomic E-state index is -3.11. The van der Waals surface area contributed by atoms with Gasteiger partial charge in [0.25, 0.3) is 5.91 Å². The Morgan fingerprint density at radius 3 is 2.40 bits per heavy atom. The van der Waals surface area contributed by atoms with Crippen LogP contribution in [0.25, 0.3) is 6.08 Å². The number of hydrogen-bond donors (Lipinski definition) is 1. The summed E-state index contributed by atoms with van der Waals surface area (Å²) in [6, 6.07) is 2.73. The van der Waals surface area contributed by atoms with Crippen molar-refractivity contribution in [1.82, 2.24) is 9.78 Å². The summed E-state index contributed by atoms with van der Waals surface area (Å²) in [6.07, 6.45) is 2.97. The smallest absolute Gasteiger partial charge is 0.331 e. The summed E-state index contributed by atoms with van der Waals surface area (Å²) in [5.74, 6) is -0.211. The molecule has 190 valence electrons. The van der Waals surface area contributed by atoms with Gasteiger partial charge in [0.2, 0.25) is 5.75 Å². The second-order valence-electron chi connectivity index (χ2n) is 7.69. The molecule has 0 spiro atoms. The maximum absolute atomic E-state index is 12.2. The maximum Gasteiger partial charge on any atom is 0.331 e. The van der Waals surface area contributed by atoms with Crippen molar-refractivity contribution in [1.29, 1.82) is 0 Å². The molecule has 1 atom stereocenters. The van der Waals surface area contributed by atoms with E-state index in [2.05, 4.69) is 10.4 Å². The molecule has 1 aromatic carbocycles. The number of carbonyl (C=O) groups is 2. The monoisotopic (exact) mass is 527 g/mol. The minimum absolute atomic E-state index is 0.0277. The Bertz CT molecular complexity index is 1230. The summed E-state index contributed by atoms with van der Waals surface area (Å²) in [6.45, 7) is 1.16. The van der Waals surface area contributed by atoms with Gasteiger partial charge in [-0.05, 0) is 19.4 Å². The van der Waals surface area contributed by atoms with Gasteiger partial charge >= 0.3 is 5.97 Å². The van der Waals surface area contributed by atoms with E-state index in [1.165, 1.54) is 32.1 Å². The van der Waals surface area contributed by atoms with Crippen LogP contribution in [0.5, 0.6) is 17.2 Å². The number of esters is 1. The molecule has 13 heteroatoms. The summed E-state index contributed by atoms with van der Waals surface area (Å²) in [5, 5.41) is 7.14. The third-order valence-corrected chi connectivity index (χ3v) is 7.43. The molecule has 0 saturated carbocycles. The van der Waals surface area contributed by atoms with Gasteiger partial charge in [0.1, 0.15) is 5.15 Å². The summed E-state index contributed by atoms with van der Waals surface area (Å²) in [4.78, 5) is 24.4. The van der Waals surface area contributed by atoms with E-state index < -0.39 is 28.3 Å². The van der Waals surface area contributed by atoms with Crippen molar-refractivity contribution in [2.24, 2.45) is 0 Å². The minimum Gasteiger partial charge on any atom is -0.493 e. The third kappa shape index (κ3) is 6.25. The molecule has 1 amide bonds. The highest BCUT2D eigenvalue weighted by molar-refractivity contribution is 7.91. The number of aryl methyl sites for hydroxylation is 1. The lowest BCUT2D eigenvalue weighted by Crippen LogP contribution is -2.20. The van der Waals surface area contributed by atoms with Crippen molar-refractivity contribution in [3.63, 3.8) is 0 Å². The van der Waals surface area contributed by atoms with E-state index in [0.717, 1.165) is 6.08 Å². The van der Waals surface area contributed by atoms with Crippen LogP contribution in [0.2, 0.25) is 5.15 Å². The number of carbonyl (C=O) groups excluding carboxylic acids is 2. The SMILES string of the molecule is COc1cc(NC(=O)COC(=O)/C=C/c2c(C)nn([C@H]3CCS(=O)(=O)C3)c2Cl)cc(OC)c1OC. The topological polar surface area (TPSA) is 135 Å². The first-order valence-corrected chi connectivity index (χ1v) is 12.7. The molecule has 1 aliphatic heterocycles. The van der Waals surface area contributed by atoms with Gasteiger partial charge in [-0.1, -0.05) is 11.6 Å². The van der Waals surface area contributed by atoms with Crippen LogP contribution in [0.1, 0.15) is 23.7 Å². The summed E-state index contributed by atoms with van der Waals surface area (Å²) >= 11 is 6.38. The van der Waals surface area contributed by atoms with Gasteiger partial charge in [0.15, 0.2) is 27.9 Å². The van der Waals surface area contributed by atoms with Crippen LogP contribution in [-0.4, -0.2) is 69.5 Å². The van der Waals surface area contributed by atoms with Crippen molar-refractivity contribution in [2.45, 2.75) is 19.4 Å². The molecule has 1 fully saturated rings. The van der Waals surface area contributed by atoms with Gasteiger partial charge in [0.05, 0.1) is 44.6 Å². The molecule has 2 heterocycles. The normalized spacial score (nSPS) is 16.8. The number of sulfone groups is 1. The second-order valence-corrected chi connectivity index (χ2v) is 10.3. The molecule has 0 aliphatic carbocycles. The highest BCUT2D eigenvalue weighted by atomic mass is 35.5. The summed E-state index contributed by atoms with van der Waals surface area (Å²) in [5.41, 5.74) is 1.36. The molecular weight excluding hydrogens is 502 g/mol. The number of ether oxygens (including phenoxy) is 4.